The van der Waals surface area contributed by atoms with Crippen LogP contribution in [0.5, 0.6) is 0 Å². The van der Waals surface area contributed by atoms with Crippen molar-refractivity contribution < 1.29 is 13.2 Å². The van der Waals surface area contributed by atoms with E-state index in [2.05, 4.69) is 20.0 Å². The molecule has 0 unspecified atom stereocenters. The van der Waals surface area contributed by atoms with E-state index >= 15 is 0 Å². The molecule has 7 nitrogen and oxygen atoms in total. The Hall–Kier alpha value is -3.04. The van der Waals surface area contributed by atoms with Crippen LogP contribution in [0, 0.1) is 0 Å². The van der Waals surface area contributed by atoms with E-state index in [1.807, 2.05) is 35.7 Å². The van der Waals surface area contributed by atoms with Crippen LogP contribution in [0.2, 0.25) is 0 Å². The van der Waals surface area contributed by atoms with E-state index in [-0.39, 0.29) is 17.2 Å². The molecule has 1 aliphatic heterocycles. The summed E-state index contributed by atoms with van der Waals surface area (Å²) < 4.78 is 27.6. The third kappa shape index (κ3) is 4.92. The molecule has 0 aliphatic carbocycles. The first-order chi connectivity index (χ1) is 14.5. The van der Waals surface area contributed by atoms with Gasteiger partial charge in [-0.25, -0.2) is 13.4 Å². The standard InChI is InChI=1S/C21H20N4O3S2/c26-20(13-17-14-29-21(24-17)15-6-2-1-3-7-15)23-16-8-4-9-18(12-16)30(27,28)25-19-10-5-11-22-19/h1-4,6-9,12,14H,5,10-11,13H2,(H,22,25)(H,23,26). The number of benzene rings is 2. The van der Waals surface area contributed by atoms with Crippen LogP contribution in [0.4, 0.5) is 5.69 Å². The second-order valence-electron chi connectivity index (χ2n) is 6.80. The summed E-state index contributed by atoms with van der Waals surface area (Å²) in [5.74, 6) is 0.213. The third-order valence-corrected chi connectivity index (χ3v) is 6.79. The van der Waals surface area contributed by atoms with Gasteiger partial charge < -0.3 is 5.32 Å². The van der Waals surface area contributed by atoms with E-state index in [0.29, 0.717) is 30.2 Å². The predicted molar refractivity (Wildman–Crippen MR) is 118 cm³/mol. The van der Waals surface area contributed by atoms with Gasteiger partial charge in [0.15, 0.2) is 0 Å². The second-order valence-corrected chi connectivity index (χ2v) is 9.34. The monoisotopic (exact) mass is 440 g/mol. The molecule has 30 heavy (non-hydrogen) atoms. The highest BCUT2D eigenvalue weighted by Crippen LogP contribution is 2.24. The average molecular weight is 441 g/mol. The lowest BCUT2D eigenvalue weighted by molar-refractivity contribution is -0.115. The SMILES string of the molecule is O=C(Cc1csc(-c2ccccc2)n1)Nc1cccc(S(=O)(=O)NC2=NCCC2)c1. The molecule has 1 aromatic heterocycles. The van der Waals surface area contributed by atoms with E-state index in [4.69, 9.17) is 0 Å². The van der Waals surface area contributed by atoms with Crippen molar-refractivity contribution in [3.05, 3.63) is 65.7 Å². The first kappa shape index (κ1) is 20.2. The van der Waals surface area contributed by atoms with Gasteiger partial charge in [-0.05, 0) is 24.6 Å². The van der Waals surface area contributed by atoms with Gasteiger partial charge in [-0.2, -0.15) is 0 Å². The van der Waals surface area contributed by atoms with Crippen LogP contribution in [-0.4, -0.2) is 31.7 Å². The Morgan fingerprint density at radius 2 is 1.93 bits per heavy atom. The van der Waals surface area contributed by atoms with Crippen molar-refractivity contribution in [2.24, 2.45) is 4.99 Å². The van der Waals surface area contributed by atoms with Gasteiger partial charge in [0.05, 0.1) is 17.0 Å². The Balaban J connectivity index is 1.41. The highest BCUT2D eigenvalue weighted by Gasteiger charge is 2.19. The lowest BCUT2D eigenvalue weighted by atomic mass is 10.2. The number of thiazole rings is 1. The Kier molecular flexibility index (Phi) is 5.91. The first-order valence-electron chi connectivity index (χ1n) is 9.45. The molecule has 0 bridgehead atoms. The van der Waals surface area contributed by atoms with Gasteiger partial charge in [0.1, 0.15) is 10.8 Å². The third-order valence-electron chi connectivity index (χ3n) is 4.47. The van der Waals surface area contributed by atoms with Crippen LogP contribution in [0.3, 0.4) is 0 Å². The number of aliphatic imine (C=N–C) groups is 1. The summed E-state index contributed by atoms with van der Waals surface area (Å²) in [6, 6.07) is 15.9. The van der Waals surface area contributed by atoms with Crippen LogP contribution < -0.4 is 10.0 Å². The number of hydrogen-bond donors (Lipinski definition) is 2. The van der Waals surface area contributed by atoms with Crippen molar-refractivity contribution in [1.29, 1.82) is 0 Å². The van der Waals surface area contributed by atoms with Crippen molar-refractivity contribution in [3.63, 3.8) is 0 Å². The average Bonchev–Trinajstić information content (AvgIpc) is 3.41. The number of nitrogens with zero attached hydrogens (tertiary/aromatic N) is 2. The highest BCUT2D eigenvalue weighted by molar-refractivity contribution is 7.90. The Morgan fingerprint density at radius 1 is 1.10 bits per heavy atom. The van der Waals surface area contributed by atoms with Crippen LogP contribution in [0.15, 0.2) is 69.9 Å². The maximum atomic E-state index is 12.5. The molecule has 0 fully saturated rings. The van der Waals surface area contributed by atoms with E-state index in [1.54, 1.807) is 12.1 Å². The number of aromatic nitrogens is 1. The quantitative estimate of drug-likeness (QED) is 0.613. The van der Waals surface area contributed by atoms with Crippen LogP contribution in [0.1, 0.15) is 18.5 Å². The molecule has 0 saturated carbocycles. The predicted octanol–water partition coefficient (Wildman–Crippen LogP) is 3.46. The molecule has 0 radical (unpaired) electrons. The largest absolute Gasteiger partial charge is 0.326 e. The first-order valence-corrected chi connectivity index (χ1v) is 11.8. The lowest BCUT2D eigenvalue weighted by Crippen LogP contribution is -2.29. The smallest absolute Gasteiger partial charge is 0.262 e. The topological polar surface area (TPSA) is 101 Å². The minimum absolute atomic E-state index is 0.0786. The molecule has 0 atom stereocenters. The van der Waals surface area contributed by atoms with Crippen LogP contribution >= 0.6 is 11.3 Å². The van der Waals surface area contributed by atoms with Crippen molar-refractivity contribution >= 4 is 38.8 Å². The van der Waals surface area contributed by atoms with Gasteiger partial charge in [0.2, 0.25) is 5.91 Å². The zero-order valence-corrected chi connectivity index (χ0v) is 17.7. The fourth-order valence-corrected chi connectivity index (χ4v) is 5.01. The van der Waals surface area contributed by atoms with Gasteiger partial charge in [-0.1, -0.05) is 36.4 Å². The molecule has 154 valence electrons. The number of amides is 1. The highest BCUT2D eigenvalue weighted by atomic mass is 32.2. The van der Waals surface area contributed by atoms with Gasteiger partial charge >= 0.3 is 0 Å². The number of carbonyl (C=O) groups excluding carboxylic acids is 1. The molecule has 2 aromatic carbocycles. The van der Waals surface area contributed by atoms with Gasteiger partial charge in [0.25, 0.3) is 10.0 Å². The summed E-state index contributed by atoms with van der Waals surface area (Å²) in [5.41, 5.74) is 2.09. The van der Waals surface area contributed by atoms with E-state index < -0.39 is 10.0 Å². The normalized spacial score (nSPS) is 13.7. The molecule has 1 amide bonds. The molecular formula is C21H20N4O3S2. The number of anilines is 1. The van der Waals surface area contributed by atoms with Gasteiger partial charge in [0, 0.05) is 29.6 Å². The number of rotatable bonds is 6. The second kappa shape index (κ2) is 8.76. The number of sulfonamides is 1. The van der Waals surface area contributed by atoms with Crippen molar-refractivity contribution in [3.8, 4) is 10.6 Å². The molecule has 0 saturated heterocycles. The van der Waals surface area contributed by atoms with E-state index in [1.165, 1.54) is 23.5 Å². The lowest BCUT2D eigenvalue weighted by Gasteiger charge is -2.10. The minimum Gasteiger partial charge on any atom is -0.326 e. The number of nitrogens with one attached hydrogen (secondary N) is 2. The molecule has 2 heterocycles. The van der Waals surface area contributed by atoms with Crippen molar-refractivity contribution in [1.82, 2.24) is 9.71 Å². The summed E-state index contributed by atoms with van der Waals surface area (Å²) in [6.07, 6.45) is 1.57. The number of carbonyl (C=O) groups is 1. The maximum Gasteiger partial charge on any atom is 0.262 e. The van der Waals surface area contributed by atoms with Gasteiger partial charge in [-0.15, -0.1) is 11.3 Å². The van der Waals surface area contributed by atoms with Crippen LogP contribution in [-0.2, 0) is 21.2 Å². The number of hydrogen-bond acceptors (Lipinski definition) is 6. The molecule has 3 aromatic rings. The zero-order chi connectivity index (χ0) is 21.0. The molecular weight excluding hydrogens is 420 g/mol. The fraction of sp³-hybridized carbons (Fsp3) is 0.190. The van der Waals surface area contributed by atoms with Crippen molar-refractivity contribution in [2.45, 2.75) is 24.2 Å². The van der Waals surface area contributed by atoms with E-state index in [0.717, 1.165) is 17.0 Å². The van der Waals surface area contributed by atoms with Crippen LogP contribution in [0.25, 0.3) is 10.6 Å². The van der Waals surface area contributed by atoms with Crippen molar-refractivity contribution in [2.75, 3.05) is 11.9 Å². The Bertz CT molecular complexity index is 1190. The van der Waals surface area contributed by atoms with Gasteiger partial charge in [-0.3, -0.25) is 14.5 Å². The Morgan fingerprint density at radius 3 is 2.70 bits per heavy atom. The molecule has 9 heteroatoms. The molecule has 2 N–H and O–H groups in total. The molecule has 1 aliphatic rings. The minimum atomic E-state index is -3.73. The summed E-state index contributed by atoms with van der Waals surface area (Å²) in [6.45, 7) is 0.635. The fourth-order valence-electron chi connectivity index (χ4n) is 3.05. The van der Waals surface area contributed by atoms with E-state index in [9.17, 15) is 13.2 Å². The maximum absolute atomic E-state index is 12.5. The summed E-state index contributed by atoms with van der Waals surface area (Å²) in [5, 5.41) is 5.46. The summed E-state index contributed by atoms with van der Waals surface area (Å²) in [7, 11) is -3.73. The zero-order valence-electron chi connectivity index (χ0n) is 16.0. The summed E-state index contributed by atoms with van der Waals surface area (Å²) in [4.78, 5) is 21.2. The number of amidine groups is 1. The summed E-state index contributed by atoms with van der Waals surface area (Å²) >= 11 is 1.48. The Labute approximate surface area is 179 Å². The molecule has 0 spiro atoms. The molecule has 4 rings (SSSR count).